The van der Waals surface area contributed by atoms with Gasteiger partial charge in [-0.2, -0.15) is 0 Å². The fraction of sp³-hybridized carbons (Fsp3) is 0.833. The van der Waals surface area contributed by atoms with Crippen LogP contribution in [0, 0.1) is 23.7 Å². The van der Waals surface area contributed by atoms with Gasteiger partial charge in [-0.05, 0) is 44.4 Å². The van der Waals surface area contributed by atoms with Crippen molar-refractivity contribution in [3.63, 3.8) is 0 Å². The van der Waals surface area contributed by atoms with Crippen molar-refractivity contribution in [2.24, 2.45) is 29.4 Å². The van der Waals surface area contributed by atoms with E-state index in [9.17, 15) is 24.3 Å². The summed E-state index contributed by atoms with van der Waals surface area (Å²) < 4.78 is 18.1. The second-order valence-electron chi connectivity index (χ2n) is 10.7. The number of carbonyl (C=O) groups is 4. The molecule has 12 heteroatoms. The van der Waals surface area contributed by atoms with Gasteiger partial charge in [-0.15, -0.1) is 0 Å². The Morgan fingerprint density at radius 2 is 1.83 bits per heavy atom. The number of nitrogens with two attached hydrogens (primary N) is 1. The molecule has 4 aliphatic heterocycles. The van der Waals surface area contributed by atoms with Gasteiger partial charge in [-0.3, -0.25) is 14.4 Å². The molecule has 5 aliphatic rings. The Morgan fingerprint density at radius 3 is 2.53 bits per heavy atom. The minimum atomic E-state index is -1.29. The molecule has 0 aromatic heterocycles. The van der Waals surface area contributed by atoms with Crippen LogP contribution in [-0.2, 0) is 43.2 Å². The standard InChI is InChI=1S/C24H36N2O10/c1-12-4-5-15-13(2)21(33-22-24(15)14(12)10-11-23(3,34-22)35-36-24)32-19(29)9-8-18(28)26-16(20(30)31)6-7-17(25)27/h12-16,21-22H,4-11H2,1-3H3,(H2,25,27)(H,26,28)(H,30,31)/t12-,13-,14+,15+,16+,21-,22-,23+,24-/m1/s1. The van der Waals surface area contributed by atoms with E-state index < -0.39 is 53.8 Å². The van der Waals surface area contributed by atoms with Crippen molar-refractivity contribution in [3.05, 3.63) is 0 Å². The van der Waals surface area contributed by atoms with E-state index in [1.54, 1.807) is 0 Å². The van der Waals surface area contributed by atoms with Crippen LogP contribution in [-0.4, -0.2) is 58.9 Å². The molecule has 2 amide bonds. The zero-order valence-corrected chi connectivity index (χ0v) is 20.9. The van der Waals surface area contributed by atoms with Crippen LogP contribution in [0.4, 0.5) is 0 Å². The van der Waals surface area contributed by atoms with Crippen molar-refractivity contribution in [3.8, 4) is 0 Å². The highest BCUT2D eigenvalue weighted by Gasteiger charge is 2.69. The van der Waals surface area contributed by atoms with Gasteiger partial charge in [0.25, 0.3) is 0 Å². The lowest BCUT2D eigenvalue weighted by Gasteiger charge is -2.59. The van der Waals surface area contributed by atoms with Crippen molar-refractivity contribution in [2.45, 2.75) is 102 Å². The molecular formula is C24H36N2O10. The van der Waals surface area contributed by atoms with Gasteiger partial charge in [-0.1, -0.05) is 13.8 Å². The fourth-order valence-electron chi connectivity index (χ4n) is 6.22. The Kier molecular flexibility index (Phi) is 7.61. The van der Waals surface area contributed by atoms with E-state index >= 15 is 0 Å². The first-order valence-electron chi connectivity index (χ1n) is 12.7. The van der Waals surface area contributed by atoms with E-state index in [2.05, 4.69) is 12.2 Å². The van der Waals surface area contributed by atoms with Crippen LogP contribution in [0.1, 0.15) is 72.1 Å². The van der Waals surface area contributed by atoms with E-state index in [1.807, 2.05) is 13.8 Å². The lowest BCUT2D eigenvalue weighted by molar-refractivity contribution is -0.576. The van der Waals surface area contributed by atoms with E-state index in [-0.39, 0.29) is 43.4 Å². The first kappa shape index (κ1) is 26.8. The third kappa shape index (κ3) is 5.09. The minimum Gasteiger partial charge on any atom is -0.480 e. The van der Waals surface area contributed by atoms with E-state index in [1.165, 1.54) is 0 Å². The van der Waals surface area contributed by atoms with Crippen molar-refractivity contribution in [1.29, 1.82) is 0 Å². The van der Waals surface area contributed by atoms with E-state index in [0.717, 1.165) is 19.3 Å². The van der Waals surface area contributed by atoms with Gasteiger partial charge in [-0.25, -0.2) is 14.6 Å². The molecule has 0 aromatic carbocycles. The number of primary amides is 1. The van der Waals surface area contributed by atoms with Gasteiger partial charge in [0, 0.05) is 31.1 Å². The summed E-state index contributed by atoms with van der Waals surface area (Å²) in [5.74, 6) is -3.82. The van der Waals surface area contributed by atoms with Crippen molar-refractivity contribution in [1.82, 2.24) is 5.32 Å². The molecule has 0 aromatic rings. The van der Waals surface area contributed by atoms with Gasteiger partial charge in [0.1, 0.15) is 6.04 Å². The van der Waals surface area contributed by atoms with Gasteiger partial charge in [0.15, 0.2) is 11.9 Å². The monoisotopic (exact) mass is 512 g/mol. The summed E-state index contributed by atoms with van der Waals surface area (Å²) in [6.45, 7) is 5.97. The summed E-state index contributed by atoms with van der Waals surface area (Å²) in [5, 5.41) is 11.5. The molecule has 36 heavy (non-hydrogen) atoms. The first-order valence-corrected chi connectivity index (χ1v) is 12.7. The molecule has 1 aliphatic carbocycles. The number of rotatable bonds is 9. The maximum absolute atomic E-state index is 12.6. The molecule has 2 bridgehead atoms. The number of aliphatic carboxylic acids is 1. The Bertz CT molecular complexity index is 898. The lowest BCUT2D eigenvalue weighted by atomic mass is 9.58. The average molecular weight is 513 g/mol. The number of carboxylic acids is 1. The van der Waals surface area contributed by atoms with Crippen LogP contribution in [0.3, 0.4) is 0 Å². The number of carbonyl (C=O) groups excluding carboxylic acids is 3. The van der Waals surface area contributed by atoms with Gasteiger partial charge in [0.05, 0.1) is 6.42 Å². The molecule has 4 N–H and O–H groups in total. The molecule has 1 spiro atoms. The van der Waals surface area contributed by atoms with Crippen LogP contribution in [0.25, 0.3) is 0 Å². The van der Waals surface area contributed by atoms with Crippen molar-refractivity contribution < 1.29 is 48.3 Å². The summed E-state index contributed by atoms with van der Waals surface area (Å²) in [4.78, 5) is 58.9. The van der Waals surface area contributed by atoms with Crippen LogP contribution in [0.5, 0.6) is 0 Å². The number of nitrogens with one attached hydrogen (secondary N) is 1. The Morgan fingerprint density at radius 1 is 1.08 bits per heavy atom. The molecule has 4 saturated heterocycles. The highest BCUT2D eigenvalue weighted by Crippen LogP contribution is 2.60. The predicted octanol–water partition coefficient (Wildman–Crippen LogP) is 1.35. The maximum Gasteiger partial charge on any atom is 0.326 e. The maximum atomic E-state index is 12.6. The lowest BCUT2D eigenvalue weighted by Crippen LogP contribution is -2.70. The third-order valence-corrected chi connectivity index (χ3v) is 8.21. The van der Waals surface area contributed by atoms with Crippen LogP contribution in [0.2, 0.25) is 0 Å². The van der Waals surface area contributed by atoms with E-state index in [4.69, 9.17) is 29.7 Å². The molecular weight excluding hydrogens is 476 g/mol. The SMILES string of the molecule is C[C@H]1[C@H](OC(=O)CCC(=O)N[C@@H](CCC(N)=O)C(=O)O)O[C@@H]2O[C@]3(C)CC[C@H]4[C@H](C)CC[C@@H]1[C@@]24OO3. The first-order chi connectivity index (χ1) is 16.9. The summed E-state index contributed by atoms with van der Waals surface area (Å²) in [5.41, 5.74) is 4.27. The molecule has 12 nitrogen and oxygen atoms in total. The van der Waals surface area contributed by atoms with Crippen LogP contribution >= 0.6 is 0 Å². The Labute approximate surface area is 209 Å². The third-order valence-electron chi connectivity index (χ3n) is 8.21. The van der Waals surface area contributed by atoms with Crippen LogP contribution in [0.15, 0.2) is 0 Å². The zero-order valence-electron chi connectivity index (χ0n) is 20.9. The van der Waals surface area contributed by atoms with Gasteiger partial charge in [0.2, 0.25) is 23.9 Å². The molecule has 5 rings (SSSR count). The topological polar surface area (TPSA) is 173 Å². The number of ether oxygens (including phenoxy) is 3. The second kappa shape index (κ2) is 10.2. The second-order valence-corrected chi connectivity index (χ2v) is 10.7. The average Bonchev–Trinajstić information content (AvgIpc) is 3.04. The Balaban J connectivity index is 1.36. The smallest absolute Gasteiger partial charge is 0.326 e. The molecule has 0 unspecified atom stereocenters. The summed E-state index contributed by atoms with van der Waals surface area (Å²) in [7, 11) is 0. The number of amides is 2. The van der Waals surface area contributed by atoms with Crippen LogP contribution < -0.4 is 11.1 Å². The zero-order chi connectivity index (χ0) is 26.3. The molecule has 4 heterocycles. The summed E-state index contributed by atoms with van der Waals surface area (Å²) in [6.07, 6.45) is 0.910. The summed E-state index contributed by atoms with van der Waals surface area (Å²) in [6, 6.07) is -1.27. The molecule has 9 atom stereocenters. The number of carboxylic acid groups (broad SMARTS) is 1. The number of hydrogen-bond acceptors (Lipinski definition) is 9. The largest absolute Gasteiger partial charge is 0.480 e. The number of hydrogen-bond donors (Lipinski definition) is 3. The predicted molar refractivity (Wildman–Crippen MR) is 120 cm³/mol. The highest BCUT2D eigenvalue weighted by molar-refractivity contribution is 5.86. The van der Waals surface area contributed by atoms with Gasteiger partial charge >= 0.3 is 11.9 Å². The molecule has 1 saturated carbocycles. The Hall–Kier alpha value is -2.28. The van der Waals surface area contributed by atoms with Crippen molar-refractivity contribution in [2.75, 3.05) is 0 Å². The minimum absolute atomic E-state index is 0.0113. The van der Waals surface area contributed by atoms with E-state index in [0.29, 0.717) is 12.3 Å². The molecule has 0 radical (unpaired) electrons. The normalized spacial score (nSPS) is 39.9. The summed E-state index contributed by atoms with van der Waals surface area (Å²) >= 11 is 0. The fourth-order valence-corrected chi connectivity index (χ4v) is 6.22. The van der Waals surface area contributed by atoms with Gasteiger partial charge < -0.3 is 30.4 Å². The number of esters is 1. The molecule has 202 valence electrons. The quantitative estimate of drug-likeness (QED) is 0.302. The van der Waals surface area contributed by atoms with Crippen molar-refractivity contribution >= 4 is 23.8 Å². The molecule has 5 fully saturated rings. The number of fused-ring (bicyclic) bond motifs is 2. The highest BCUT2D eigenvalue weighted by atomic mass is 17.3.